The summed E-state index contributed by atoms with van der Waals surface area (Å²) in [4.78, 5) is 3.18. The van der Waals surface area contributed by atoms with Crippen molar-refractivity contribution in [2.24, 2.45) is 5.73 Å². The number of halogens is 1. The summed E-state index contributed by atoms with van der Waals surface area (Å²) < 4.78 is 0. The van der Waals surface area contributed by atoms with E-state index in [2.05, 4.69) is 4.98 Å². The van der Waals surface area contributed by atoms with Crippen LogP contribution in [0.4, 0.5) is 0 Å². The normalized spacial score (nSPS) is 13.3. The van der Waals surface area contributed by atoms with Gasteiger partial charge in [0.25, 0.3) is 0 Å². The van der Waals surface area contributed by atoms with Crippen molar-refractivity contribution in [1.29, 1.82) is 0 Å². The van der Waals surface area contributed by atoms with Crippen molar-refractivity contribution in [2.75, 3.05) is 0 Å². The second-order valence-electron chi connectivity index (χ2n) is 3.80. The van der Waals surface area contributed by atoms with Gasteiger partial charge in [0.2, 0.25) is 0 Å². The van der Waals surface area contributed by atoms with Gasteiger partial charge in [-0.05, 0) is 25.5 Å². The Hall–Kier alpha value is -1.19. The minimum Gasteiger partial charge on any atom is -0.506 e. The third-order valence-corrected chi connectivity index (χ3v) is 2.86. The molecule has 80 valence electrons. The summed E-state index contributed by atoms with van der Waals surface area (Å²) in [5, 5.41) is 10.8. The number of phenolic OH excluding ortho intramolecular Hbond substituents is 1. The van der Waals surface area contributed by atoms with Gasteiger partial charge < -0.3 is 15.8 Å². The number of benzene rings is 1. The molecule has 0 saturated carbocycles. The molecule has 0 fully saturated rings. The van der Waals surface area contributed by atoms with Crippen LogP contribution in [0.2, 0.25) is 5.02 Å². The molecule has 0 aliphatic rings. The third-order valence-electron chi connectivity index (χ3n) is 2.56. The molecule has 2 rings (SSSR count). The van der Waals surface area contributed by atoms with E-state index in [4.69, 9.17) is 17.3 Å². The van der Waals surface area contributed by atoms with Gasteiger partial charge in [-0.3, -0.25) is 0 Å². The van der Waals surface area contributed by atoms with Crippen molar-refractivity contribution < 1.29 is 5.11 Å². The Morgan fingerprint density at radius 3 is 2.73 bits per heavy atom. The van der Waals surface area contributed by atoms with Crippen molar-refractivity contribution in [3.05, 3.63) is 28.4 Å². The number of aromatic nitrogens is 1. The topological polar surface area (TPSA) is 62.0 Å². The maximum absolute atomic E-state index is 9.47. The first-order valence-electron chi connectivity index (χ1n) is 4.77. The fraction of sp³-hybridized carbons (Fsp3) is 0.273. The van der Waals surface area contributed by atoms with Crippen LogP contribution < -0.4 is 5.73 Å². The van der Waals surface area contributed by atoms with Crippen molar-refractivity contribution in [2.45, 2.75) is 19.9 Å². The van der Waals surface area contributed by atoms with Crippen LogP contribution in [0.3, 0.4) is 0 Å². The number of nitrogens with one attached hydrogen (secondary N) is 1. The van der Waals surface area contributed by atoms with E-state index in [0.717, 1.165) is 22.2 Å². The van der Waals surface area contributed by atoms with Crippen molar-refractivity contribution in [3.8, 4) is 5.75 Å². The average molecular weight is 225 g/mol. The number of aromatic hydroxyl groups is 1. The van der Waals surface area contributed by atoms with Crippen LogP contribution in [-0.2, 0) is 0 Å². The zero-order chi connectivity index (χ0) is 11.2. The number of rotatable bonds is 1. The second kappa shape index (κ2) is 3.43. The van der Waals surface area contributed by atoms with E-state index in [1.807, 2.05) is 13.8 Å². The van der Waals surface area contributed by atoms with E-state index in [1.54, 1.807) is 12.1 Å². The first-order valence-corrected chi connectivity index (χ1v) is 5.14. The molecular formula is C11H13ClN2O. The Morgan fingerprint density at radius 1 is 1.47 bits per heavy atom. The van der Waals surface area contributed by atoms with Crippen LogP contribution in [0.25, 0.3) is 10.9 Å². The quantitative estimate of drug-likeness (QED) is 0.698. The molecule has 1 atom stereocenters. The molecule has 4 N–H and O–H groups in total. The molecule has 4 heteroatoms. The van der Waals surface area contributed by atoms with Gasteiger partial charge in [-0.25, -0.2) is 0 Å². The summed E-state index contributed by atoms with van der Waals surface area (Å²) in [6.07, 6.45) is 0. The van der Waals surface area contributed by atoms with E-state index >= 15 is 0 Å². The number of hydrogen-bond acceptors (Lipinski definition) is 2. The van der Waals surface area contributed by atoms with Gasteiger partial charge in [-0.2, -0.15) is 0 Å². The van der Waals surface area contributed by atoms with Crippen molar-refractivity contribution in [1.82, 2.24) is 4.98 Å². The van der Waals surface area contributed by atoms with Crippen LogP contribution in [0.1, 0.15) is 24.2 Å². The number of fused-ring (bicyclic) bond motifs is 1. The highest BCUT2D eigenvalue weighted by atomic mass is 35.5. The molecule has 1 aromatic heterocycles. The number of hydrogen-bond donors (Lipinski definition) is 3. The first kappa shape index (κ1) is 10.3. The Morgan fingerprint density at radius 2 is 2.13 bits per heavy atom. The molecular weight excluding hydrogens is 212 g/mol. The second-order valence-corrected chi connectivity index (χ2v) is 4.21. The summed E-state index contributed by atoms with van der Waals surface area (Å²) in [5.41, 5.74) is 8.81. The van der Waals surface area contributed by atoms with Gasteiger partial charge in [-0.1, -0.05) is 11.6 Å². The lowest BCUT2D eigenvalue weighted by atomic mass is 10.1. The lowest BCUT2D eigenvalue weighted by Crippen LogP contribution is -2.05. The molecule has 1 unspecified atom stereocenters. The van der Waals surface area contributed by atoms with Crippen LogP contribution in [0.15, 0.2) is 12.1 Å². The van der Waals surface area contributed by atoms with Crippen LogP contribution in [0.5, 0.6) is 5.75 Å². The summed E-state index contributed by atoms with van der Waals surface area (Å²) in [6, 6.07) is 3.31. The SMILES string of the molecule is Cc1[nH]c2cc(O)c(Cl)cc2c1C(C)N. The molecule has 2 aromatic rings. The molecule has 0 bridgehead atoms. The molecule has 1 aromatic carbocycles. The van der Waals surface area contributed by atoms with E-state index in [0.29, 0.717) is 5.02 Å². The summed E-state index contributed by atoms with van der Waals surface area (Å²) >= 11 is 5.87. The predicted molar refractivity (Wildman–Crippen MR) is 62.3 cm³/mol. The van der Waals surface area contributed by atoms with E-state index in [9.17, 15) is 5.11 Å². The Labute approximate surface area is 92.9 Å². The zero-order valence-corrected chi connectivity index (χ0v) is 9.39. The first-order chi connectivity index (χ1) is 7.00. The smallest absolute Gasteiger partial charge is 0.136 e. The van der Waals surface area contributed by atoms with Crippen LogP contribution in [-0.4, -0.2) is 10.1 Å². The van der Waals surface area contributed by atoms with Gasteiger partial charge in [0.05, 0.1) is 5.02 Å². The highest BCUT2D eigenvalue weighted by molar-refractivity contribution is 6.32. The van der Waals surface area contributed by atoms with E-state index < -0.39 is 0 Å². The number of aryl methyl sites for hydroxylation is 1. The number of aromatic amines is 1. The molecule has 1 heterocycles. The molecule has 0 spiro atoms. The fourth-order valence-corrected chi connectivity index (χ4v) is 2.11. The maximum Gasteiger partial charge on any atom is 0.136 e. The van der Waals surface area contributed by atoms with E-state index in [-0.39, 0.29) is 11.8 Å². The lowest BCUT2D eigenvalue weighted by molar-refractivity contribution is 0.476. The lowest BCUT2D eigenvalue weighted by Gasteiger charge is -2.05. The summed E-state index contributed by atoms with van der Waals surface area (Å²) in [7, 11) is 0. The van der Waals surface area contributed by atoms with Crippen molar-refractivity contribution in [3.63, 3.8) is 0 Å². The van der Waals surface area contributed by atoms with Gasteiger partial charge >= 0.3 is 0 Å². The molecule has 0 aliphatic carbocycles. The summed E-state index contributed by atoms with van der Waals surface area (Å²) in [6.45, 7) is 3.89. The Balaban J connectivity index is 2.81. The molecule has 0 radical (unpaired) electrons. The van der Waals surface area contributed by atoms with E-state index in [1.165, 1.54) is 0 Å². The van der Waals surface area contributed by atoms with Gasteiger partial charge in [-0.15, -0.1) is 0 Å². The van der Waals surface area contributed by atoms with Crippen molar-refractivity contribution >= 4 is 22.5 Å². The standard InChI is InChI=1S/C11H13ClN2O/c1-5(13)11-6(2)14-9-4-10(15)8(12)3-7(9)11/h3-5,14-15H,13H2,1-2H3. The summed E-state index contributed by atoms with van der Waals surface area (Å²) in [5.74, 6) is 0.0849. The minimum absolute atomic E-state index is 0.0561. The highest BCUT2D eigenvalue weighted by Crippen LogP contribution is 2.33. The molecule has 0 amide bonds. The molecule has 15 heavy (non-hydrogen) atoms. The molecule has 0 saturated heterocycles. The molecule has 3 nitrogen and oxygen atoms in total. The number of nitrogens with two attached hydrogens (primary N) is 1. The largest absolute Gasteiger partial charge is 0.506 e. The fourth-order valence-electron chi connectivity index (χ4n) is 1.95. The third kappa shape index (κ3) is 1.58. The van der Waals surface area contributed by atoms with Gasteiger partial charge in [0.15, 0.2) is 0 Å². The Kier molecular flexibility index (Phi) is 2.37. The van der Waals surface area contributed by atoms with Crippen LogP contribution >= 0.6 is 11.6 Å². The Bertz CT molecular complexity index is 517. The number of phenols is 1. The van der Waals surface area contributed by atoms with Gasteiger partial charge in [0.1, 0.15) is 5.75 Å². The maximum atomic E-state index is 9.47. The van der Waals surface area contributed by atoms with Crippen LogP contribution in [0, 0.1) is 6.92 Å². The average Bonchev–Trinajstić information content (AvgIpc) is 2.41. The highest BCUT2D eigenvalue weighted by Gasteiger charge is 2.13. The minimum atomic E-state index is -0.0561. The monoisotopic (exact) mass is 224 g/mol. The number of H-pyrrole nitrogens is 1. The predicted octanol–water partition coefficient (Wildman–Crippen LogP) is 2.86. The zero-order valence-electron chi connectivity index (χ0n) is 8.63. The van der Waals surface area contributed by atoms with Gasteiger partial charge in [0, 0.05) is 28.7 Å². The molecule has 0 aliphatic heterocycles.